The van der Waals surface area contributed by atoms with Crippen LogP contribution in [-0.4, -0.2) is 24.8 Å². The van der Waals surface area contributed by atoms with Crippen molar-refractivity contribution in [1.29, 1.82) is 0 Å². The van der Waals surface area contributed by atoms with Crippen LogP contribution in [0.15, 0.2) is 27.6 Å². The molecule has 0 aromatic heterocycles. The van der Waals surface area contributed by atoms with Crippen LogP contribution in [0.1, 0.15) is 38.7 Å². The normalized spacial score (nSPS) is 25.5. The molecule has 0 saturated carbocycles. The Balaban J connectivity index is 2.49. The van der Waals surface area contributed by atoms with E-state index in [0.717, 1.165) is 29.3 Å². The number of aryl methyl sites for hydroxylation is 1. The van der Waals surface area contributed by atoms with E-state index in [4.69, 9.17) is 0 Å². The van der Waals surface area contributed by atoms with Crippen molar-refractivity contribution in [3.63, 3.8) is 0 Å². The van der Waals surface area contributed by atoms with E-state index in [1.54, 1.807) is 10.4 Å². The lowest BCUT2D eigenvalue weighted by atomic mass is 10.0. The van der Waals surface area contributed by atoms with Crippen molar-refractivity contribution in [2.24, 2.45) is 0 Å². The molecule has 19 heavy (non-hydrogen) atoms. The van der Waals surface area contributed by atoms with Crippen LogP contribution in [0.2, 0.25) is 0 Å². The van der Waals surface area contributed by atoms with Crippen LogP contribution in [0, 0.1) is 6.92 Å². The Morgan fingerprint density at radius 3 is 2.37 bits per heavy atom. The van der Waals surface area contributed by atoms with Gasteiger partial charge in [0.15, 0.2) is 0 Å². The lowest BCUT2D eigenvalue weighted by molar-refractivity contribution is 0.204. The second-order valence-corrected chi connectivity index (χ2v) is 8.10. The molecule has 0 amide bonds. The number of hydrogen-bond acceptors (Lipinski definition) is 2. The summed E-state index contributed by atoms with van der Waals surface area (Å²) in [6.07, 6.45) is 2.99. The molecule has 5 heteroatoms. The van der Waals surface area contributed by atoms with Gasteiger partial charge in [-0.15, -0.1) is 0 Å². The number of nitrogens with zero attached hydrogens (tertiary/aromatic N) is 1. The maximum atomic E-state index is 12.9. The molecule has 0 radical (unpaired) electrons. The Labute approximate surface area is 124 Å². The SMILES string of the molecule is Cc1ccc(Br)cc1S(=O)(=O)N1[C@H](C)CCC[C@@H]1C. The van der Waals surface area contributed by atoms with Crippen LogP contribution in [0.25, 0.3) is 0 Å². The zero-order chi connectivity index (χ0) is 14.2. The summed E-state index contributed by atoms with van der Waals surface area (Å²) in [7, 11) is -3.41. The van der Waals surface area contributed by atoms with Gasteiger partial charge in [-0.1, -0.05) is 28.4 Å². The number of piperidine rings is 1. The molecule has 0 bridgehead atoms. The Hall–Kier alpha value is -0.390. The van der Waals surface area contributed by atoms with Crippen molar-refractivity contribution in [3.8, 4) is 0 Å². The van der Waals surface area contributed by atoms with Crippen molar-refractivity contribution < 1.29 is 8.42 Å². The predicted octanol–water partition coefficient (Wildman–Crippen LogP) is 3.71. The fourth-order valence-corrected chi connectivity index (χ4v) is 5.49. The van der Waals surface area contributed by atoms with Crippen molar-refractivity contribution in [3.05, 3.63) is 28.2 Å². The fraction of sp³-hybridized carbons (Fsp3) is 0.571. The van der Waals surface area contributed by atoms with Gasteiger partial charge < -0.3 is 0 Å². The molecule has 0 unspecified atom stereocenters. The summed E-state index contributed by atoms with van der Waals surface area (Å²) in [5.74, 6) is 0. The highest BCUT2D eigenvalue weighted by atomic mass is 79.9. The summed E-state index contributed by atoms with van der Waals surface area (Å²) in [6, 6.07) is 5.58. The summed E-state index contributed by atoms with van der Waals surface area (Å²) in [5, 5.41) is 0. The number of rotatable bonds is 2. The Bertz CT molecular complexity index is 561. The quantitative estimate of drug-likeness (QED) is 0.819. The molecular formula is C14H20BrNO2S. The molecule has 106 valence electrons. The van der Waals surface area contributed by atoms with Crippen LogP contribution >= 0.6 is 15.9 Å². The molecule has 1 aromatic rings. The zero-order valence-electron chi connectivity index (χ0n) is 11.6. The largest absolute Gasteiger partial charge is 0.243 e. The van der Waals surface area contributed by atoms with E-state index in [1.807, 2.05) is 32.9 Å². The first kappa shape index (κ1) is 15.0. The third-order valence-corrected chi connectivity index (χ3v) is 6.58. The van der Waals surface area contributed by atoms with Crippen molar-refractivity contribution in [2.75, 3.05) is 0 Å². The summed E-state index contributed by atoms with van der Waals surface area (Å²) in [4.78, 5) is 0.419. The van der Waals surface area contributed by atoms with Crippen LogP contribution in [-0.2, 0) is 10.0 Å². The van der Waals surface area contributed by atoms with Gasteiger partial charge in [0.25, 0.3) is 0 Å². The van der Waals surface area contributed by atoms with Gasteiger partial charge in [0.05, 0.1) is 4.90 Å². The Morgan fingerprint density at radius 2 is 1.79 bits per heavy atom. The minimum atomic E-state index is -3.41. The molecule has 1 aromatic carbocycles. The molecule has 0 spiro atoms. The van der Waals surface area contributed by atoms with E-state index in [9.17, 15) is 8.42 Å². The number of benzene rings is 1. The molecule has 1 aliphatic rings. The van der Waals surface area contributed by atoms with E-state index in [1.165, 1.54) is 0 Å². The molecule has 1 aliphatic heterocycles. The van der Waals surface area contributed by atoms with E-state index in [0.29, 0.717) is 4.90 Å². The molecule has 1 saturated heterocycles. The molecular weight excluding hydrogens is 326 g/mol. The fourth-order valence-electron chi connectivity index (χ4n) is 2.84. The lowest BCUT2D eigenvalue weighted by Crippen LogP contribution is -2.47. The molecule has 2 atom stereocenters. The van der Waals surface area contributed by atoms with E-state index in [-0.39, 0.29) is 12.1 Å². The first-order valence-electron chi connectivity index (χ1n) is 6.63. The third-order valence-electron chi connectivity index (χ3n) is 3.82. The van der Waals surface area contributed by atoms with Gasteiger partial charge >= 0.3 is 0 Å². The highest BCUT2D eigenvalue weighted by Crippen LogP contribution is 2.31. The molecule has 3 nitrogen and oxygen atoms in total. The van der Waals surface area contributed by atoms with Crippen molar-refractivity contribution >= 4 is 26.0 Å². The monoisotopic (exact) mass is 345 g/mol. The number of hydrogen-bond donors (Lipinski definition) is 0. The standard InChI is InChI=1S/C14H20BrNO2S/c1-10-7-8-13(15)9-14(10)19(17,18)16-11(2)5-4-6-12(16)3/h7-9,11-12H,4-6H2,1-3H3/t11-,12+. The maximum Gasteiger partial charge on any atom is 0.243 e. The van der Waals surface area contributed by atoms with Gasteiger partial charge in [-0.3, -0.25) is 0 Å². The molecule has 2 rings (SSSR count). The van der Waals surface area contributed by atoms with Crippen LogP contribution in [0.5, 0.6) is 0 Å². The third kappa shape index (κ3) is 2.88. The van der Waals surface area contributed by atoms with Gasteiger partial charge in [0.1, 0.15) is 0 Å². The first-order valence-corrected chi connectivity index (χ1v) is 8.87. The number of halogens is 1. The smallest absolute Gasteiger partial charge is 0.207 e. The Morgan fingerprint density at radius 1 is 1.21 bits per heavy atom. The zero-order valence-corrected chi connectivity index (χ0v) is 14.0. The van der Waals surface area contributed by atoms with E-state index >= 15 is 0 Å². The van der Waals surface area contributed by atoms with Crippen LogP contribution in [0.4, 0.5) is 0 Å². The summed E-state index contributed by atoms with van der Waals surface area (Å²) in [5.41, 5.74) is 0.799. The van der Waals surface area contributed by atoms with Crippen molar-refractivity contribution in [2.45, 2.75) is 57.0 Å². The molecule has 1 fully saturated rings. The minimum absolute atomic E-state index is 0.0760. The average molecular weight is 346 g/mol. The summed E-state index contributed by atoms with van der Waals surface area (Å²) < 4.78 is 28.3. The lowest BCUT2D eigenvalue weighted by Gasteiger charge is -2.38. The van der Waals surface area contributed by atoms with Gasteiger partial charge in [-0.2, -0.15) is 4.31 Å². The average Bonchev–Trinajstić information content (AvgIpc) is 2.31. The highest BCUT2D eigenvalue weighted by molar-refractivity contribution is 9.10. The molecule has 0 N–H and O–H groups in total. The van der Waals surface area contributed by atoms with Crippen LogP contribution in [0.3, 0.4) is 0 Å². The van der Waals surface area contributed by atoms with Crippen molar-refractivity contribution in [1.82, 2.24) is 4.31 Å². The van der Waals surface area contributed by atoms with Gasteiger partial charge in [-0.05, 0) is 51.3 Å². The Kier molecular flexibility index (Phi) is 4.38. The van der Waals surface area contributed by atoms with E-state index in [2.05, 4.69) is 15.9 Å². The summed E-state index contributed by atoms with van der Waals surface area (Å²) in [6.45, 7) is 5.85. The molecule has 0 aliphatic carbocycles. The minimum Gasteiger partial charge on any atom is -0.207 e. The number of sulfonamides is 1. The summed E-state index contributed by atoms with van der Waals surface area (Å²) >= 11 is 3.36. The second kappa shape index (κ2) is 5.54. The van der Waals surface area contributed by atoms with Gasteiger partial charge in [0, 0.05) is 16.6 Å². The second-order valence-electron chi connectivity index (χ2n) is 5.37. The van der Waals surface area contributed by atoms with Gasteiger partial charge in [0.2, 0.25) is 10.0 Å². The predicted molar refractivity (Wildman–Crippen MR) is 80.7 cm³/mol. The highest BCUT2D eigenvalue weighted by Gasteiger charge is 2.36. The topological polar surface area (TPSA) is 37.4 Å². The molecule has 1 heterocycles. The first-order chi connectivity index (χ1) is 8.84. The van der Waals surface area contributed by atoms with E-state index < -0.39 is 10.0 Å². The maximum absolute atomic E-state index is 12.9. The van der Waals surface area contributed by atoms with Crippen LogP contribution < -0.4 is 0 Å². The van der Waals surface area contributed by atoms with Gasteiger partial charge in [-0.25, -0.2) is 8.42 Å².